The second-order valence-electron chi connectivity index (χ2n) is 3.78. The van der Waals surface area contributed by atoms with Crippen molar-refractivity contribution in [3.05, 3.63) is 29.6 Å². The molecule has 1 unspecified atom stereocenters. The van der Waals surface area contributed by atoms with E-state index in [0.29, 0.717) is 5.75 Å². The molecule has 1 aromatic carbocycles. The van der Waals surface area contributed by atoms with Crippen molar-refractivity contribution in [3.8, 4) is 0 Å². The summed E-state index contributed by atoms with van der Waals surface area (Å²) in [6.07, 6.45) is 0. The highest BCUT2D eigenvalue weighted by Crippen LogP contribution is 2.17. The lowest BCUT2D eigenvalue weighted by Gasteiger charge is -2.10. The number of halogens is 1. The topological polar surface area (TPSA) is 95.5 Å². The number of carbonyl (C=O) groups excluding carboxylic acids is 2. The lowest BCUT2D eigenvalue weighted by atomic mass is 10.2. The van der Waals surface area contributed by atoms with Gasteiger partial charge in [-0.15, -0.1) is 0 Å². The fourth-order valence-electron chi connectivity index (χ4n) is 1.52. The van der Waals surface area contributed by atoms with Gasteiger partial charge in [-0.3, -0.25) is 9.59 Å². The molecule has 1 aromatic rings. The molecule has 0 aromatic heterocycles. The van der Waals surface area contributed by atoms with Gasteiger partial charge in [-0.2, -0.15) is 0 Å². The Kier molecular flexibility index (Phi) is 3.70. The number of anilines is 1. The highest BCUT2D eigenvalue weighted by Gasteiger charge is 2.28. The molecule has 0 radical (unpaired) electrons. The van der Waals surface area contributed by atoms with Crippen molar-refractivity contribution in [2.45, 2.75) is 6.04 Å². The number of nitrogens with one attached hydrogen (secondary N) is 2. The first kappa shape index (κ1) is 13.3. The largest absolute Gasteiger partial charge is 0.478 e. The van der Waals surface area contributed by atoms with E-state index in [-0.39, 0.29) is 10.9 Å². The maximum atomic E-state index is 13.2. The number of carboxylic acids is 1. The van der Waals surface area contributed by atoms with E-state index in [1.165, 1.54) is 6.07 Å². The standard InChI is InChI=1S/C11H9FN2O4S/c12-7-2-1-5(3-6(7)10(16)17)13-9(15)8-4-19-11(18)14-8/h1-3,8H,4H2,(H,13,15)(H,14,18)(H,16,17). The van der Waals surface area contributed by atoms with E-state index in [1.54, 1.807) is 0 Å². The van der Waals surface area contributed by atoms with E-state index in [2.05, 4.69) is 10.6 Å². The molecule has 1 aliphatic rings. The zero-order chi connectivity index (χ0) is 14.0. The molecule has 3 N–H and O–H groups in total. The summed E-state index contributed by atoms with van der Waals surface area (Å²) in [6.45, 7) is 0. The zero-order valence-electron chi connectivity index (χ0n) is 9.47. The van der Waals surface area contributed by atoms with Crippen molar-refractivity contribution in [2.24, 2.45) is 0 Å². The summed E-state index contributed by atoms with van der Waals surface area (Å²) in [7, 11) is 0. The molecule has 1 fully saturated rings. The molecule has 0 spiro atoms. The summed E-state index contributed by atoms with van der Waals surface area (Å²) in [4.78, 5) is 33.4. The van der Waals surface area contributed by atoms with Crippen molar-refractivity contribution in [3.63, 3.8) is 0 Å². The molecular weight excluding hydrogens is 275 g/mol. The Bertz CT molecular complexity index is 564. The quantitative estimate of drug-likeness (QED) is 0.777. The molecule has 1 atom stereocenters. The Balaban J connectivity index is 2.11. The Morgan fingerprint density at radius 2 is 2.21 bits per heavy atom. The van der Waals surface area contributed by atoms with E-state index in [0.717, 1.165) is 23.9 Å². The van der Waals surface area contributed by atoms with Crippen molar-refractivity contribution in [1.82, 2.24) is 5.32 Å². The molecule has 6 nitrogen and oxygen atoms in total. The summed E-state index contributed by atoms with van der Waals surface area (Å²) < 4.78 is 13.2. The first-order valence-electron chi connectivity index (χ1n) is 5.24. The molecule has 0 aliphatic carbocycles. The van der Waals surface area contributed by atoms with Crippen LogP contribution >= 0.6 is 11.8 Å². The van der Waals surface area contributed by atoms with Crippen LogP contribution in [0.25, 0.3) is 0 Å². The summed E-state index contributed by atoms with van der Waals surface area (Å²) in [5, 5.41) is 13.3. The van der Waals surface area contributed by atoms with Crippen LogP contribution in [0.15, 0.2) is 18.2 Å². The Labute approximate surface area is 111 Å². The van der Waals surface area contributed by atoms with Gasteiger partial charge < -0.3 is 15.7 Å². The van der Waals surface area contributed by atoms with Crippen LogP contribution in [0.3, 0.4) is 0 Å². The van der Waals surface area contributed by atoms with Gasteiger partial charge in [-0.1, -0.05) is 11.8 Å². The molecule has 1 heterocycles. The van der Waals surface area contributed by atoms with Crippen molar-refractivity contribution >= 4 is 34.6 Å². The first-order valence-corrected chi connectivity index (χ1v) is 6.23. The summed E-state index contributed by atoms with van der Waals surface area (Å²) >= 11 is 0.990. The Morgan fingerprint density at radius 1 is 1.47 bits per heavy atom. The van der Waals surface area contributed by atoms with Crippen molar-refractivity contribution < 1.29 is 23.9 Å². The number of carbonyl (C=O) groups is 3. The van der Waals surface area contributed by atoms with E-state index < -0.39 is 29.3 Å². The maximum Gasteiger partial charge on any atom is 0.338 e. The van der Waals surface area contributed by atoms with Gasteiger partial charge in [0.2, 0.25) is 5.91 Å². The van der Waals surface area contributed by atoms with Gasteiger partial charge in [0.05, 0.1) is 5.56 Å². The Morgan fingerprint density at radius 3 is 2.79 bits per heavy atom. The monoisotopic (exact) mass is 284 g/mol. The number of rotatable bonds is 3. The van der Waals surface area contributed by atoms with Crippen LogP contribution in [0.2, 0.25) is 0 Å². The fraction of sp³-hybridized carbons (Fsp3) is 0.182. The normalized spacial score (nSPS) is 17.9. The third-order valence-corrected chi connectivity index (χ3v) is 3.33. The number of hydrogen-bond acceptors (Lipinski definition) is 4. The number of aromatic carboxylic acids is 1. The van der Waals surface area contributed by atoms with Crippen LogP contribution in [0, 0.1) is 5.82 Å². The number of carboxylic acid groups (broad SMARTS) is 1. The summed E-state index contributed by atoms with van der Waals surface area (Å²) in [5.74, 6) is -2.47. The number of hydrogen-bond donors (Lipinski definition) is 3. The average Bonchev–Trinajstić information content (AvgIpc) is 2.78. The molecule has 2 amide bonds. The lowest BCUT2D eigenvalue weighted by Crippen LogP contribution is -2.38. The first-order chi connectivity index (χ1) is 8.97. The maximum absolute atomic E-state index is 13.2. The van der Waals surface area contributed by atoms with Gasteiger partial charge in [0.1, 0.15) is 11.9 Å². The molecule has 8 heteroatoms. The molecule has 1 aliphatic heterocycles. The second-order valence-corrected chi connectivity index (χ2v) is 4.78. The molecule has 0 bridgehead atoms. The highest BCUT2D eigenvalue weighted by molar-refractivity contribution is 8.14. The smallest absolute Gasteiger partial charge is 0.338 e. The predicted octanol–water partition coefficient (Wildman–Crippen LogP) is 1.29. The fourth-order valence-corrected chi connectivity index (χ4v) is 2.30. The minimum atomic E-state index is -1.42. The third kappa shape index (κ3) is 3.02. The van der Waals surface area contributed by atoms with E-state index in [9.17, 15) is 18.8 Å². The Hall–Kier alpha value is -2.09. The van der Waals surface area contributed by atoms with Gasteiger partial charge in [0.15, 0.2) is 0 Å². The zero-order valence-corrected chi connectivity index (χ0v) is 10.3. The van der Waals surface area contributed by atoms with E-state index in [4.69, 9.17) is 5.11 Å². The lowest BCUT2D eigenvalue weighted by molar-refractivity contribution is -0.117. The van der Waals surface area contributed by atoms with Crippen LogP contribution in [0.4, 0.5) is 14.9 Å². The average molecular weight is 284 g/mol. The van der Waals surface area contributed by atoms with E-state index in [1.807, 2.05) is 0 Å². The van der Waals surface area contributed by atoms with Gasteiger partial charge >= 0.3 is 5.97 Å². The van der Waals surface area contributed by atoms with Crippen molar-refractivity contribution in [1.29, 1.82) is 0 Å². The highest BCUT2D eigenvalue weighted by atomic mass is 32.2. The van der Waals surface area contributed by atoms with Crippen LogP contribution in [-0.4, -0.2) is 34.0 Å². The summed E-state index contributed by atoms with van der Waals surface area (Å²) in [5.41, 5.74) is -0.363. The number of thioether (sulfide) groups is 1. The SMILES string of the molecule is O=C1NC(C(=O)Nc2ccc(F)c(C(=O)O)c2)CS1. The molecule has 0 saturated carbocycles. The van der Waals surface area contributed by atoms with Crippen LogP contribution in [0.1, 0.15) is 10.4 Å². The van der Waals surface area contributed by atoms with Crippen LogP contribution in [0.5, 0.6) is 0 Å². The van der Waals surface area contributed by atoms with Gasteiger partial charge in [-0.05, 0) is 18.2 Å². The van der Waals surface area contributed by atoms with E-state index >= 15 is 0 Å². The summed E-state index contributed by atoms with van der Waals surface area (Å²) in [6, 6.07) is 2.57. The molecule has 19 heavy (non-hydrogen) atoms. The molecule has 2 rings (SSSR count). The molecule has 1 saturated heterocycles. The predicted molar refractivity (Wildman–Crippen MR) is 66.8 cm³/mol. The van der Waals surface area contributed by atoms with Crippen LogP contribution in [-0.2, 0) is 4.79 Å². The number of benzene rings is 1. The van der Waals surface area contributed by atoms with Gasteiger partial charge in [-0.25, -0.2) is 9.18 Å². The van der Waals surface area contributed by atoms with Crippen LogP contribution < -0.4 is 10.6 Å². The minimum Gasteiger partial charge on any atom is -0.478 e. The van der Waals surface area contributed by atoms with Gasteiger partial charge in [0.25, 0.3) is 5.24 Å². The molecule has 100 valence electrons. The second kappa shape index (κ2) is 5.27. The molecular formula is C11H9FN2O4S. The number of amides is 2. The minimum absolute atomic E-state index is 0.162. The van der Waals surface area contributed by atoms with Gasteiger partial charge in [0, 0.05) is 11.4 Å². The third-order valence-electron chi connectivity index (χ3n) is 2.45. The van der Waals surface area contributed by atoms with Crippen molar-refractivity contribution in [2.75, 3.05) is 11.1 Å².